The van der Waals surface area contributed by atoms with Crippen LogP contribution in [0.5, 0.6) is 0 Å². The van der Waals surface area contributed by atoms with Gasteiger partial charge in [-0.1, -0.05) is 50.9 Å². The van der Waals surface area contributed by atoms with E-state index in [0.717, 1.165) is 20.7 Å². The summed E-state index contributed by atoms with van der Waals surface area (Å²) in [6, 6.07) is 6.69. The van der Waals surface area contributed by atoms with Crippen molar-refractivity contribution in [3.05, 3.63) is 46.4 Å². The number of nitrogens with zero attached hydrogens (tertiary/aromatic N) is 2. The van der Waals surface area contributed by atoms with E-state index in [2.05, 4.69) is 0 Å². The van der Waals surface area contributed by atoms with Gasteiger partial charge in [0.2, 0.25) is 29.9 Å². The van der Waals surface area contributed by atoms with Gasteiger partial charge in [0.1, 0.15) is 9.79 Å². The Morgan fingerprint density at radius 1 is 0.606 bits per heavy atom. The van der Waals surface area contributed by atoms with E-state index in [1.807, 2.05) is 0 Å². The van der Waals surface area contributed by atoms with Crippen LogP contribution in [0, 0.1) is 0 Å². The normalized spacial score (nSPS) is 13.1. The van der Waals surface area contributed by atoms with Crippen LogP contribution in [0.3, 0.4) is 0 Å². The Hall–Kier alpha value is -1.21. The molecule has 0 amide bonds. The van der Waals surface area contributed by atoms with Crippen molar-refractivity contribution in [3.8, 4) is 0 Å². The smallest absolute Gasteiger partial charge is 0.219 e. The van der Waals surface area contributed by atoms with E-state index in [4.69, 9.17) is 23.2 Å². The molecule has 0 saturated carbocycles. The first-order chi connectivity index (χ1) is 15.3. The minimum atomic E-state index is -4.30. The van der Waals surface area contributed by atoms with Gasteiger partial charge in [-0.15, -0.1) is 0 Å². The molecule has 2 aromatic rings. The molecule has 33 heavy (non-hydrogen) atoms. The van der Waals surface area contributed by atoms with Crippen LogP contribution in [0.2, 0.25) is 10.0 Å². The third-order valence-electron chi connectivity index (χ3n) is 5.07. The molecule has 0 spiro atoms. The molecule has 184 valence electrons. The summed E-state index contributed by atoms with van der Waals surface area (Å²) in [7, 11) is -12.4. The van der Waals surface area contributed by atoms with Gasteiger partial charge in [0.25, 0.3) is 0 Å². The number of rotatable bonds is 10. The Morgan fingerprint density at radius 3 is 1.18 bits per heavy atom. The first-order valence-corrected chi connectivity index (χ1v) is 15.2. The monoisotopic (exact) mass is 556 g/mol. The highest BCUT2D eigenvalue weighted by Gasteiger charge is 2.30. The summed E-state index contributed by atoms with van der Waals surface area (Å²) >= 11 is 12.2. The van der Waals surface area contributed by atoms with E-state index < -0.39 is 29.9 Å². The summed E-state index contributed by atoms with van der Waals surface area (Å²) in [5, 5.41) is -0.247. The fourth-order valence-electron chi connectivity index (χ4n) is 3.24. The highest BCUT2D eigenvalue weighted by Crippen LogP contribution is 2.33. The van der Waals surface area contributed by atoms with Crippen LogP contribution in [-0.2, 0) is 29.9 Å². The van der Waals surface area contributed by atoms with Crippen molar-refractivity contribution in [3.63, 3.8) is 0 Å². The summed E-state index contributed by atoms with van der Waals surface area (Å²) < 4.78 is 80.8. The van der Waals surface area contributed by atoms with Gasteiger partial charge in [0.05, 0.1) is 19.8 Å². The van der Waals surface area contributed by atoms with Gasteiger partial charge >= 0.3 is 0 Å². The predicted octanol–water partition coefficient (Wildman–Crippen LogP) is 3.89. The lowest BCUT2D eigenvalue weighted by atomic mass is 10.3. The summed E-state index contributed by atoms with van der Waals surface area (Å²) in [4.78, 5) is -1.38. The zero-order valence-corrected chi connectivity index (χ0v) is 22.6. The van der Waals surface area contributed by atoms with Crippen molar-refractivity contribution >= 4 is 53.1 Å². The molecule has 0 atom stereocenters. The molecule has 0 aliphatic rings. The maximum atomic E-state index is 13.3. The lowest BCUT2D eigenvalue weighted by Crippen LogP contribution is -2.31. The fraction of sp³-hybridized carbons (Fsp3) is 0.400. The lowest BCUT2D eigenvalue weighted by molar-refractivity contribution is 0.444. The van der Waals surface area contributed by atoms with Crippen LogP contribution in [-0.4, -0.2) is 60.0 Å². The van der Waals surface area contributed by atoms with Crippen LogP contribution in [0.4, 0.5) is 0 Å². The van der Waals surface area contributed by atoms with Crippen LogP contribution in [0.15, 0.2) is 56.0 Å². The molecule has 0 heterocycles. The molecule has 0 bridgehead atoms. The lowest BCUT2D eigenvalue weighted by Gasteiger charge is -2.20. The third kappa shape index (κ3) is 5.39. The standard InChI is InChI=1S/C20H26Cl2N2O6S3/c1-5-23(6-2)32(27,28)19-13-15(9-11-17(19)21)31(25,26)16-10-12-18(22)20(14-16)33(29,30)24(7-3)8-4/h9-14H,5-8H2,1-4H3. The zero-order valence-electron chi connectivity index (χ0n) is 18.6. The second-order valence-corrected chi connectivity index (χ2v) is 13.4. The van der Waals surface area contributed by atoms with Gasteiger partial charge in [-0.3, -0.25) is 0 Å². The van der Waals surface area contributed by atoms with Gasteiger partial charge in [-0.25, -0.2) is 25.3 Å². The highest BCUT2D eigenvalue weighted by molar-refractivity contribution is 7.92. The first-order valence-electron chi connectivity index (χ1n) is 10.1. The Balaban J connectivity index is 2.70. The Morgan fingerprint density at radius 2 is 0.909 bits per heavy atom. The molecule has 13 heteroatoms. The van der Waals surface area contributed by atoms with Gasteiger partial charge in [-0.05, 0) is 36.4 Å². The van der Waals surface area contributed by atoms with Crippen molar-refractivity contribution in [2.45, 2.75) is 47.3 Å². The molecule has 0 aromatic heterocycles. The maximum absolute atomic E-state index is 13.3. The second-order valence-electron chi connectivity index (χ2n) is 6.87. The van der Waals surface area contributed by atoms with E-state index in [1.165, 1.54) is 24.3 Å². The van der Waals surface area contributed by atoms with Gasteiger partial charge in [0, 0.05) is 26.2 Å². The molecule has 8 nitrogen and oxygen atoms in total. The number of hydrogen-bond donors (Lipinski definition) is 0. The Bertz CT molecular complexity index is 1240. The number of halogens is 2. The molecule has 0 unspecified atom stereocenters. The van der Waals surface area contributed by atoms with Crippen LogP contribution < -0.4 is 0 Å². The van der Waals surface area contributed by atoms with Gasteiger partial charge < -0.3 is 0 Å². The van der Waals surface area contributed by atoms with E-state index in [9.17, 15) is 25.3 Å². The number of hydrogen-bond acceptors (Lipinski definition) is 6. The average Bonchev–Trinajstić information content (AvgIpc) is 2.75. The third-order valence-corrected chi connectivity index (χ3v) is 11.9. The molecule has 0 fully saturated rings. The van der Waals surface area contributed by atoms with Gasteiger partial charge in [-0.2, -0.15) is 8.61 Å². The molecular weight excluding hydrogens is 531 g/mol. The van der Waals surface area contributed by atoms with Crippen molar-refractivity contribution in [2.24, 2.45) is 0 Å². The minimum absolute atomic E-state index is 0.123. The summed E-state index contributed by atoms with van der Waals surface area (Å²) in [5.41, 5.74) is 0. The van der Waals surface area contributed by atoms with Crippen molar-refractivity contribution < 1.29 is 25.3 Å². The number of sulfone groups is 1. The quantitative estimate of drug-likeness (QED) is 0.439. The Labute approximate surface area is 206 Å². The molecule has 2 aromatic carbocycles. The SMILES string of the molecule is CCN(CC)S(=O)(=O)c1cc(S(=O)(=O)c2ccc(Cl)c(S(=O)(=O)N(CC)CC)c2)ccc1Cl. The van der Waals surface area contributed by atoms with E-state index >= 15 is 0 Å². The van der Waals surface area contributed by atoms with Crippen molar-refractivity contribution in [2.75, 3.05) is 26.2 Å². The molecule has 0 aliphatic carbocycles. The second kappa shape index (κ2) is 10.6. The summed E-state index contributed by atoms with van der Waals surface area (Å²) in [5.74, 6) is 0. The number of benzene rings is 2. The minimum Gasteiger partial charge on any atom is -0.219 e. The highest BCUT2D eigenvalue weighted by atomic mass is 35.5. The van der Waals surface area contributed by atoms with Crippen LogP contribution >= 0.6 is 23.2 Å². The van der Waals surface area contributed by atoms with E-state index in [0.29, 0.717) is 0 Å². The van der Waals surface area contributed by atoms with Crippen molar-refractivity contribution in [1.29, 1.82) is 0 Å². The molecule has 2 rings (SSSR count). The van der Waals surface area contributed by atoms with E-state index in [-0.39, 0.29) is 55.8 Å². The molecule has 0 aliphatic heterocycles. The zero-order chi connectivity index (χ0) is 25.2. The van der Waals surface area contributed by atoms with Crippen LogP contribution in [0.25, 0.3) is 0 Å². The van der Waals surface area contributed by atoms with Crippen molar-refractivity contribution in [1.82, 2.24) is 8.61 Å². The Kier molecular flexibility index (Phi) is 9.00. The average molecular weight is 558 g/mol. The van der Waals surface area contributed by atoms with E-state index in [1.54, 1.807) is 27.7 Å². The fourth-order valence-corrected chi connectivity index (χ4v) is 8.62. The molecule has 0 saturated heterocycles. The summed E-state index contributed by atoms with van der Waals surface area (Å²) in [6.07, 6.45) is 0. The summed E-state index contributed by atoms with van der Waals surface area (Å²) in [6.45, 7) is 7.32. The van der Waals surface area contributed by atoms with Gasteiger partial charge in [0.15, 0.2) is 0 Å². The maximum Gasteiger partial charge on any atom is 0.244 e. The molecular formula is C20H26Cl2N2O6S3. The molecule has 0 N–H and O–H groups in total. The largest absolute Gasteiger partial charge is 0.244 e. The van der Waals surface area contributed by atoms with Crippen LogP contribution in [0.1, 0.15) is 27.7 Å². The first kappa shape index (κ1) is 28.0. The topological polar surface area (TPSA) is 109 Å². The number of sulfonamides is 2. The predicted molar refractivity (Wildman–Crippen MR) is 129 cm³/mol. The molecule has 0 radical (unpaired) electrons.